The van der Waals surface area contributed by atoms with E-state index in [1.54, 1.807) is 31.2 Å². The smallest absolute Gasteiger partial charge is 0.332 e. The number of nitrogens with one attached hydrogen (secondary N) is 1. The van der Waals surface area contributed by atoms with Crippen LogP contribution in [0.2, 0.25) is 0 Å². The Morgan fingerprint density at radius 1 is 1.00 bits per heavy atom. The number of ether oxygens (including phenoxy) is 1. The number of anilines is 1. The Morgan fingerprint density at radius 3 is 2.31 bits per heavy atom. The minimum absolute atomic E-state index is 0.0671. The van der Waals surface area contributed by atoms with Crippen molar-refractivity contribution in [1.29, 1.82) is 0 Å². The van der Waals surface area contributed by atoms with Gasteiger partial charge in [-0.1, -0.05) is 12.1 Å². The first-order chi connectivity index (χ1) is 16.8. The second-order valence-electron chi connectivity index (χ2n) is 7.99. The van der Waals surface area contributed by atoms with Crippen LogP contribution in [0.1, 0.15) is 25.1 Å². The van der Waals surface area contributed by atoms with Crippen molar-refractivity contribution in [2.24, 2.45) is 0 Å². The predicted molar refractivity (Wildman–Crippen MR) is 130 cm³/mol. The molecule has 4 rings (SSSR count). The summed E-state index contributed by atoms with van der Waals surface area (Å²) >= 11 is 0. The van der Waals surface area contributed by atoms with Crippen LogP contribution in [0.5, 0.6) is 5.75 Å². The lowest BCUT2D eigenvalue weighted by atomic mass is 10.2. The van der Waals surface area contributed by atoms with Crippen LogP contribution in [-0.2, 0) is 24.4 Å². The van der Waals surface area contributed by atoms with Crippen molar-refractivity contribution in [1.82, 2.24) is 18.9 Å². The van der Waals surface area contributed by atoms with E-state index in [9.17, 15) is 18.8 Å². The van der Waals surface area contributed by atoms with Crippen molar-refractivity contribution < 1.29 is 13.9 Å². The van der Waals surface area contributed by atoms with Crippen LogP contribution >= 0.6 is 0 Å². The zero-order valence-electron chi connectivity index (χ0n) is 19.7. The number of amides is 1. The molecular weight excluding hydrogens is 453 g/mol. The van der Waals surface area contributed by atoms with Gasteiger partial charge in [0.05, 0.1) is 18.8 Å². The Bertz CT molecular complexity index is 1480. The van der Waals surface area contributed by atoms with Crippen LogP contribution in [0.15, 0.2) is 58.1 Å². The highest BCUT2D eigenvalue weighted by atomic mass is 19.1. The number of fused-ring (bicyclic) bond motifs is 1. The molecular formula is C25H26FN5O4. The average molecular weight is 480 g/mol. The summed E-state index contributed by atoms with van der Waals surface area (Å²) in [5.74, 6) is -0.174. The molecule has 0 atom stereocenters. The van der Waals surface area contributed by atoms with Crippen LogP contribution in [0.4, 0.5) is 10.1 Å². The van der Waals surface area contributed by atoms with Gasteiger partial charge in [-0.05, 0) is 62.7 Å². The molecule has 0 fully saturated rings. The van der Waals surface area contributed by atoms with Gasteiger partial charge in [-0.2, -0.15) is 5.10 Å². The summed E-state index contributed by atoms with van der Waals surface area (Å²) in [5.41, 5.74) is 0.990. The summed E-state index contributed by atoms with van der Waals surface area (Å²) < 4.78 is 22.6. The highest BCUT2D eigenvalue weighted by molar-refractivity contribution is 5.91. The lowest BCUT2D eigenvalue weighted by Gasteiger charge is -2.13. The third-order valence-electron chi connectivity index (χ3n) is 5.58. The summed E-state index contributed by atoms with van der Waals surface area (Å²) in [6.07, 6.45) is 0. The molecule has 2 aromatic carbocycles. The minimum atomic E-state index is -0.646. The molecule has 35 heavy (non-hydrogen) atoms. The van der Waals surface area contributed by atoms with Gasteiger partial charge in [0, 0.05) is 12.2 Å². The van der Waals surface area contributed by atoms with Gasteiger partial charge in [0.2, 0.25) is 5.91 Å². The molecule has 1 amide bonds. The zero-order valence-corrected chi connectivity index (χ0v) is 19.7. The molecule has 0 aliphatic carbocycles. The molecule has 0 saturated carbocycles. The van der Waals surface area contributed by atoms with Crippen LogP contribution < -0.4 is 21.3 Å². The molecule has 2 aromatic heterocycles. The Morgan fingerprint density at radius 2 is 1.69 bits per heavy atom. The summed E-state index contributed by atoms with van der Waals surface area (Å²) in [7, 11) is 0. The first kappa shape index (κ1) is 23.9. The van der Waals surface area contributed by atoms with E-state index in [0.29, 0.717) is 41.4 Å². The molecule has 0 spiro atoms. The molecule has 10 heteroatoms. The number of halogens is 1. The number of hydrogen-bond donors (Lipinski definition) is 1. The van der Waals surface area contributed by atoms with E-state index in [1.165, 1.54) is 33.5 Å². The van der Waals surface area contributed by atoms with Gasteiger partial charge in [-0.3, -0.25) is 23.4 Å². The summed E-state index contributed by atoms with van der Waals surface area (Å²) in [6, 6.07) is 12.4. The Labute approximate surface area is 200 Å². The van der Waals surface area contributed by atoms with Crippen LogP contribution in [0.25, 0.3) is 11.0 Å². The molecule has 0 unspecified atom stereocenters. The largest absolute Gasteiger partial charge is 0.494 e. The molecule has 9 nitrogen and oxygen atoms in total. The van der Waals surface area contributed by atoms with E-state index in [2.05, 4.69) is 10.4 Å². The van der Waals surface area contributed by atoms with Crippen LogP contribution in [0.3, 0.4) is 0 Å². The zero-order chi connectivity index (χ0) is 25.1. The van der Waals surface area contributed by atoms with E-state index in [-0.39, 0.29) is 18.6 Å². The fourth-order valence-corrected chi connectivity index (χ4v) is 4.00. The van der Waals surface area contributed by atoms with E-state index < -0.39 is 23.0 Å². The fourth-order valence-electron chi connectivity index (χ4n) is 4.00. The van der Waals surface area contributed by atoms with Gasteiger partial charge in [0.25, 0.3) is 5.56 Å². The van der Waals surface area contributed by atoms with Crippen LogP contribution in [-0.4, -0.2) is 31.4 Å². The number of carbonyl (C=O) groups excluding carboxylic acids is 1. The summed E-state index contributed by atoms with van der Waals surface area (Å²) in [4.78, 5) is 39.7. The fraction of sp³-hybridized carbons (Fsp3) is 0.280. The van der Waals surface area contributed by atoms with Gasteiger partial charge >= 0.3 is 5.69 Å². The molecule has 0 radical (unpaired) electrons. The maximum absolute atomic E-state index is 13.4. The Kier molecular flexibility index (Phi) is 6.81. The first-order valence-electron chi connectivity index (χ1n) is 11.3. The number of nitrogens with zero attached hydrogens (tertiary/aromatic N) is 4. The molecule has 4 aromatic rings. The van der Waals surface area contributed by atoms with Crippen molar-refractivity contribution >= 4 is 22.6 Å². The van der Waals surface area contributed by atoms with Gasteiger partial charge in [-0.25, -0.2) is 9.18 Å². The SMILES string of the molecule is CCOc1ccc(NC(=O)Cn2c(=O)n(Cc3ccc(F)cc3)c(=O)c3c2c(C)nn3CC)cc1. The summed E-state index contributed by atoms with van der Waals surface area (Å²) in [6.45, 7) is 5.97. The van der Waals surface area contributed by atoms with Gasteiger partial charge in [0.1, 0.15) is 23.6 Å². The molecule has 1 N–H and O–H groups in total. The lowest BCUT2D eigenvalue weighted by Crippen LogP contribution is -2.42. The van der Waals surface area contributed by atoms with Crippen LogP contribution in [0, 0.1) is 12.7 Å². The van der Waals surface area contributed by atoms with Crippen molar-refractivity contribution in [2.45, 2.75) is 40.4 Å². The average Bonchev–Trinajstić information content (AvgIpc) is 3.18. The Balaban J connectivity index is 1.74. The van der Waals surface area contributed by atoms with E-state index >= 15 is 0 Å². The maximum Gasteiger partial charge on any atom is 0.332 e. The highest BCUT2D eigenvalue weighted by Gasteiger charge is 2.21. The molecule has 0 saturated heterocycles. The predicted octanol–water partition coefficient (Wildman–Crippen LogP) is 2.91. The van der Waals surface area contributed by atoms with Crippen molar-refractivity contribution in [2.75, 3.05) is 11.9 Å². The normalized spacial score (nSPS) is 11.1. The monoisotopic (exact) mass is 479 g/mol. The number of aryl methyl sites for hydroxylation is 2. The molecule has 0 aliphatic rings. The first-order valence-corrected chi connectivity index (χ1v) is 11.3. The lowest BCUT2D eigenvalue weighted by molar-refractivity contribution is -0.116. The third-order valence-corrected chi connectivity index (χ3v) is 5.58. The standard InChI is InChI=1S/C25H26FN5O4/c1-4-31-23-22(16(3)28-31)29(15-21(32)27-19-10-12-20(13-11-19)35-5-2)25(34)30(24(23)33)14-17-6-8-18(26)9-7-17/h6-13H,4-5,14-15H2,1-3H3,(H,27,32). The number of carbonyl (C=O) groups is 1. The molecule has 182 valence electrons. The molecule has 0 aliphatic heterocycles. The second kappa shape index (κ2) is 9.96. The topological polar surface area (TPSA) is 100 Å². The Hall–Kier alpha value is -4.21. The van der Waals surface area contributed by atoms with Crippen molar-refractivity contribution in [3.63, 3.8) is 0 Å². The maximum atomic E-state index is 13.4. The number of rotatable bonds is 8. The second-order valence-corrected chi connectivity index (χ2v) is 7.99. The van der Waals surface area contributed by atoms with E-state index in [0.717, 1.165) is 4.57 Å². The van der Waals surface area contributed by atoms with Gasteiger partial charge < -0.3 is 10.1 Å². The quantitative estimate of drug-likeness (QED) is 0.419. The number of aromatic nitrogens is 4. The number of benzene rings is 2. The van der Waals surface area contributed by atoms with Gasteiger partial charge in [-0.15, -0.1) is 0 Å². The minimum Gasteiger partial charge on any atom is -0.494 e. The van der Waals surface area contributed by atoms with E-state index in [1.807, 2.05) is 13.8 Å². The van der Waals surface area contributed by atoms with E-state index in [4.69, 9.17) is 4.74 Å². The summed E-state index contributed by atoms with van der Waals surface area (Å²) in [5, 5.41) is 7.17. The van der Waals surface area contributed by atoms with Crippen molar-refractivity contribution in [3.05, 3.63) is 86.4 Å². The molecule has 0 bridgehead atoms. The third kappa shape index (κ3) is 4.86. The van der Waals surface area contributed by atoms with Crippen molar-refractivity contribution in [3.8, 4) is 5.75 Å². The number of hydrogen-bond acceptors (Lipinski definition) is 5. The highest BCUT2D eigenvalue weighted by Crippen LogP contribution is 2.17. The molecule has 2 heterocycles. The van der Waals surface area contributed by atoms with Gasteiger partial charge in [0.15, 0.2) is 5.52 Å².